The van der Waals surface area contributed by atoms with Crippen molar-refractivity contribution in [3.8, 4) is 0 Å². The monoisotopic (exact) mass is 434 g/mol. The molecule has 10 heteroatoms. The Morgan fingerprint density at radius 3 is 2.52 bits per heavy atom. The summed E-state index contributed by atoms with van der Waals surface area (Å²) in [5, 5.41) is 5.13. The van der Waals surface area contributed by atoms with Gasteiger partial charge < -0.3 is 10.2 Å². The number of benzene rings is 1. The fourth-order valence-electron chi connectivity index (χ4n) is 3.63. The number of hydrogen-bond donors (Lipinski definition) is 1. The quantitative estimate of drug-likeness (QED) is 0.778. The van der Waals surface area contributed by atoms with Crippen LogP contribution in [0.25, 0.3) is 0 Å². The van der Waals surface area contributed by atoms with E-state index in [1.165, 1.54) is 32.7 Å². The number of aromatic nitrogens is 1. The zero-order chi connectivity index (χ0) is 20.6. The molecule has 0 unspecified atom stereocenters. The maximum atomic E-state index is 12.6. The lowest BCUT2D eigenvalue weighted by Gasteiger charge is -2.19. The van der Waals surface area contributed by atoms with Crippen LogP contribution in [0.4, 0.5) is 10.8 Å². The molecule has 4 rings (SSSR count). The second kappa shape index (κ2) is 7.85. The molecule has 8 nitrogen and oxygen atoms in total. The standard InChI is InChI=1S/C19H22N4O4S2/c1-13-12-28-19(20-13)21-18(25)14-10-17(24)23(11-14)15-4-6-16(7-5-15)29(26,27)22-8-2-3-9-22/h4-7,12,14H,2-3,8-11H2,1H3,(H,20,21,25)/t14-/m1/s1. The van der Waals surface area contributed by atoms with Gasteiger partial charge >= 0.3 is 0 Å². The van der Waals surface area contributed by atoms with Gasteiger partial charge in [0.05, 0.1) is 16.5 Å². The highest BCUT2D eigenvalue weighted by Crippen LogP contribution is 2.29. The molecule has 154 valence electrons. The summed E-state index contributed by atoms with van der Waals surface area (Å²) in [6.07, 6.45) is 1.87. The summed E-state index contributed by atoms with van der Waals surface area (Å²) in [6.45, 7) is 3.20. The van der Waals surface area contributed by atoms with Gasteiger partial charge in [-0.2, -0.15) is 4.31 Å². The van der Waals surface area contributed by atoms with Gasteiger partial charge in [-0.1, -0.05) is 0 Å². The van der Waals surface area contributed by atoms with Gasteiger partial charge in [0, 0.05) is 37.1 Å². The highest BCUT2D eigenvalue weighted by molar-refractivity contribution is 7.89. The van der Waals surface area contributed by atoms with Crippen molar-refractivity contribution in [1.82, 2.24) is 9.29 Å². The topological polar surface area (TPSA) is 99.7 Å². The molecule has 0 radical (unpaired) electrons. The van der Waals surface area contributed by atoms with E-state index in [2.05, 4.69) is 10.3 Å². The Morgan fingerprint density at radius 1 is 1.21 bits per heavy atom. The molecule has 2 saturated heterocycles. The van der Waals surface area contributed by atoms with Crippen LogP contribution in [-0.2, 0) is 19.6 Å². The summed E-state index contributed by atoms with van der Waals surface area (Å²) in [7, 11) is -3.49. The molecule has 29 heavy (non-hydrogen) atoms. The van der Waals surface area contributed by atoms with Gasteiger partial charge in [-0.25, -0.2) is 13.4 Å². The van der Waals surface area contributed by atoms with Crippen molar-refractivity contribution >= 4 is 44.0 Å². The van der Waals surface area contributed by atoms with Crippen LogP contribution in [0.3, 0.4) is 0 Å². The molecule has 2 amide bonds. The van der Waals surface area contributed by atoms with Crippen LogP contribution in [0.15, 0.2) is 34.5 Å². The molecule has 2 aliphatic rings. The SMILES string of the molecule is Cc1csc(NC(=O)[C@@H]2CC(=O)N(c3ccc(S(=O)(=O)N4CCCC4)cc3)C2)n1. The van der Waals surface area contributed by atoms with Gasteiger partial charge in [0.1, 0.15) is 0 Å². The third kappa shape index (κ3) is 4.05. The van der Waals surface area contributed by atoms with E-state index < -0.39 is 15.9 Å². The smallest absolute Gasteiger partial charge is 0.243 e. The van der Waals surface area contributed by atoms with Gasteiger partial charge in [-0.15, -0.1) is 11.3 Å². The van der Waals surface area contributed by atoms with E-state index >= 15 is 0 Å². The molecule has 3 heterocycles. The lowest BCUT2D eigenvalue weighted by Crippen LogP contribution is -2.29. The number of rotatable bonds is 5. The second-order valence-electron chi connectivity index (χ2n) is 7.29. The highest BCUT2D eigenvalue weighted by atomic mass is 32.2. The normalized spacial score (nSPS) is 20.4. The first-order valence-electron chi connectivity index (χ1n) is 9.48. The number of aryl methyl sites for hydroxylation is 1. The average Bonchev–Trinajstić information content (AvgIpc) is 3.43. The Kier molecular flexibility index (Phi) is 5.41. The largest absolute Gasteiger partial charge is 0.312 e. The predicted octanol–water partition coefficient (Wildman–Crippen LogP) is 2.23. The molecule has 2 aliphatic heterocycles. The van der Waals surface area contributed by atoms with Gasteiger partial charge in [0.15, 0.2) is 5.13 Å². The molecule has 1 N–H and O–H groups in total. The summed E-state index contributed by atoms with van der Waals surface area (Å²) in [5.74, 6) is -0.862. The zero-order valence-electron chi connectivity index (χ0n) is 16.0. The first-order chi connectivity index (χ1) is 13.8. The van der Waals surface area contributed by atoms with Crippen LogP contribution in [0.5, 0.6) is 0 Å². The van der Waals surface area contributed by atoms with E-state index in [9.17, 15) is 18.0 Å². The molecule has 0 aliphatic carbocycles. The molecule has 1 aromatic heterocycles. The van der Waals surface area contributed by atoms with E-state index in [4.69, 9.17) is 0 Å². The Bertz CT molecular complexity index is 1030. The number of sulfonamides is 1. The molecule has 2 fully saturated rings. The minimum Gasteiger partial charge on any atom is -0.312 e. The van der Waals surface area contributed by atoms with Crippen molar-refractivity contribution in [1.29, 1.82) is 0 Å². The Balaban J connectivity index is 1.44. The average molecular weight is 435 g/mol. The van der Waals surface area contributed by atoms with Gasteiger partial charge in [-0.3, -0.25) is 9.59 Å². The number of thiazole rings is 1. The minimum absolute atomic E-state index is 0.115. The maximum Gasteiger partial charge on any atom is 0.243 e. The van der Waals surface area contributed by atoms with Crippen LogP contribution in [0.1, 0.15) is 25.0 Å². The molecule has 1 aromatic carbocycles. The fourth-order valence-corrected chi connectivity index (χ4v) is 5.84. The van der Waals surface area contributed by atoms with Gasteiger partial charge in [-0.05, 0) is 44.0 Å². The maximum absolute atomic E-state index is 12.6. The van der Waals surface area contributed by atoms with Crippen LogP contribution < -0.4 is 10.2 Å². The van der Waals surface area contributed by atoms with Gasteiger partial charge in [0.25, 0.3) is 0 Å². The van der Waals surface area contributed by atoms with Crippen molar-refractivity contribution in [3.63, 3.8) is 0 Å². The first-order valence-corrected chi connectivity index (χ1v) is 11.8. The van der Waals surface area contributed by atoms with E-state index in [0.29, 0.717) is 23.9 Å². The van der Waals surface area contributed by atoms with Crippen molar-refractivity contribution in [3.05, 3.63) is 35.3 Å². The first kappa shape index (κ1) is 20.0. The van der Waals surface area contributed by atoms with Crippen LogP contribution >= 0.6 is 11.3 Å². The van der Waals surface area contributed by atoms with E-state index in [-0.39, 0.29) is 29.7 Å². The molecule has 0 spiro atoms. The van der Waals surface area contributed by atoms with Gasteiger partial charge in [0.2, 0.25) is 21.8 Å². The van der Waals surface area contributed by atoms with Crippen molar-refractivity contribution in [2.24, 2.45) is 5.92 Å². The Morgan fingerprint density at radius 2 is 1.90 bits per heavy atom. The molecule has 0 saturated carbocycles. The summed E-state index contributed by atoms with van der Waals surface area (Å²) < 4.78 is 26.8. The molecule has 0 bridgehead atoms. The number of carbonyl (C=O) groups is 2. The lowest BCUT2D eigenvalue weighted by molar-refractivity contribution is -0.122. The Hall–Kier alpha value is -2.30. The lowest BCUT2D eigenvalue weighted by atomic mass is 10.1. The third-order valence-corrected chi connectivity index (χ3v) is 7.98. The van der Waals surface area contributed by atoms with Crippen LogP contribution in [0.2, 0.25) is 0 Å². The fraction of sp³-hybridized carbons (Fsp3) is 0.421. The molecule has 1 atom stereocenters. The second-order valence-corrected chi connectivity index (χ2v) is 10.1. The van der Waals surface area contributed by atoms with Crippen LogP contribution in [0, 0.1) is 12.8 Å². The third-order valence-electron chi connectivity index (χ3n) is 5.20. The highest BCUT2D eigenvalue weighted by Gasteiger charge is 2.36. The number of hydrogen-bond acceptors (Lipinski definition) is 6. The number of amides is 2. The molecular formula is C19H22N4O4S2. The number of nitrogens with one attached hydrogen (secondary N) is 1. The van der Waals surface area contributed by atoms with E-state index in [1.54, 1.807) is 12.1 Å². The molecular weight excluding hydrogens is 412 g/mol. The predicted molar refractivity (Wildman–Crippen MR) is 110 cm³/mol. The summed E-state index contributed by atoms with van der Waals surface area (Å²) >= 11 is 1.35. The number of anilines is 2. The molecule has 2 aromatic rings. The summed E-state index contributed by atoms with van der Waals surface area (Å²) in [4.78, 5) is 30.9. The van der Waals surface area contributed by atoms with E-state index in [1.807, 2.05) is 12.3 Å². The summed E-state index contributed by atoms with van der Waals surface area (Å²) in [6, 6.07) is 6.32. The number of nitrogens with zero attached hydrogens (tertiary/aromatic N) is 3. The van der Waals surface area contributed by atoms with Crippen molar-refractivity contribution < 1.29 is 18.0 Å². The van der Waals surface area contributed by atoms with Crippen LogP contribution in [-0.4, -0.2) is 49.2 Å². The van der Waals surface area contributed by atoms with E-state index in [0.717, 1.165) is 18.5 Å². The zero-order valence-corrected chi connectivity index (χ0v) is 17.6. The minimum atomic E-state index is -3.49. The van der Waals surface area contributed by atoms with Crippen molar-refractivity contribution in [2.45, 2.75) is 31.1 Å². The van der Waals surface area contributed by atoms with Crippen molar-refractivity contribution in [2.75, 3.05) is 29.9 Å². The summed E-state index contributed by atoms with van der Waals surface area (Å²) in [5.41, 5.74) is 1.43. The number of carbonyl (C=O) groups excluding carboxylic acids is 2. The Labute approximate surface area is 173 Å².